The molecule has 1 aliphatic rings. The van der Waals surface area contributed by atoms with Gasteiger partial charge in [-0.15, -0.1) is 11.3 Å². The van der Waals surface area contributed by atoms with Crippen LogP contribution in [0.1, 0.15) is 50.1 Å². The molecule has 3 amide bonds. The van der Waals surface area contributed by atoms with E-state index in [9.17, 15) is 14.4 Å². The van der Waals surface area contributed by atoms with E-state index in [4.69, 9.17) is 10.5 Å². The second-order valence-corrected chi connectivity index (χ2v) is 10.9. The molecule has 3 aromatic rings. The monoisotopic (exact) mass is 509 g/mol. The van der Waals surface area contributed by atoms with Crippen LogP contribution in [0.3, 0.4) is 0 Å². The Hall–Kier alpha value is -3.66. The number of alkyl carbamates (subject to hydrolysis) is 1. The van der Waals surface area contributed by atoms with Gasteiger partial charge in [-0.25, -0.2) is 9.78 Å². The second kappa shape index (κ2) is 10.5. The van der Waals surface area contributed by atoms with Crippen molar-refractivity contribution in [2.24, 2.45) is 0 Å². The summed E-state index contributed by atoms with van der Waals surface area (Å²) in [6, 6.07) is 11.2. The van der Waals surface area contributed by atoms with Crippen LogP contribution in [0, 0.1) is 0 Å². The zero-order valence-corrected chi connectivity index (χ0v) is 21.4. The van der Waals surface area contributed by atoms with Gasteiger partial charge < -0.3 is 26.0 Å². The SMILES string of the molecule is CC(C)(C)OC(=O)NC(C(=O)N1CCCC1C(=O)NCc1cc2c(N)nccc2s1)c1ccccc1. The number of nitrogens with two attached hydrogens (primary N) is 1. The van der Waals surface area contributed by atoms with Crippen LogP contribution in [0.5, 0.6) is 0 Å². The molecule has 1 saturated heterocycles. The smallest absolute Gasteiger partial charge is 0.408 e. The van der Waals surface area contributed by atoms with E-state index in [1.165, 1.54) is 11.3 Å². The van der Waals surface area contributed by atoms with Gasteiger partial charge in [-0.05, 0) is 51.3 Å². The van der Waals surface area contributed by atoms with E-state index in [1.807, 2.05) is 18.2 Å². The number of nitrogens with one attached hydrogen (secondary N) is 2. The summed E-state index contributed by atoms with van der Waals surface area (Å²) in [6.45, 7) is 6.03. The van der Waals surface area contributed by atoms with Gasteiger partial charge >= 0.3 is 6.09 Å². The summed E-state index contributed by atoms with van der Waals surface area (Å²) in [7, 11) is 0. The first kappa shape index (κ1) is 25.4. The van der Waals surface area contributed by atoms with Crippen molar-refractivity contribution in [3.05, 3.63) is 59.1 Å². The van der Waals surface area contributed by atoms with Crippen LogP contribution in [0.4, 0.5) is 10.6 Å². The number of ether oxygens (including phenoxy) is 1. The molecular weight excluding hydrogens is 478 g/mol. The topological polar surface area (TPSA) is 127 Å². The lowest BCUT2D eigenvalue weighted by Crippen LogP contribution is -2.50. The van der Waals surface area contributed by atoms with Crippen LogP contribution >= 0.6 is 11.3 Å². The predicted octanol–water partition coefficient (Wildman–Crippen LogP) is 3.75. The van der Waals surface area contributed by atoms with Crippen molar-refractivity contribution in [2.45, 2.75) is 57.8 Å². The van der Waals surface area contributed by atoms with Crippen LogP contribution in [0.2, 0.25) is 0 Å². The molecule has 0 bridgehead atoms. The van der Waals surface area contributed by atoms with Gasteiger partial charge in [0.1, 0.15) is 23.5 Å². The van der Waals surface area contributed by atoms with E-state index in [0.29, 0.717) is 37.3 Å². The molecule has 190 valence electrons. The highest BCUT2D eigenvalue weighted by Gasteiger charge is 2.38. The molecule has 1 fully saturated rings. The first-order chi connectivity index (χ1) is 17.1. The molecule has 3 heterocycles. The predicted molar refractivity (Wildman–Crippen MR) is 139 cm³/mol. The summed E-state index contributed by atoms with van der Waals surface area (Å²) in [5.74, 6) is -0.114. The highest BCUT2D eigenvalue weighted by Crippen LogP contribution is 2.29. The number of amides is 3. The lowest BCUT2D eigenvalue weighted by molar-refractivity contribution is -0.140. The van der Waals surface area contributed by atoms with Gasteiger partial charge in [0.05, 0.1) is 6.54 Å². The third kappa shape index (κ3) is 5.93. The quantitative estimate of drug-likeness (QED) is 0.465. The van der Waals surface area contributed by atoms with E-state index in [1.54, 1.807) is 56.1 Å². The summed E-state index contributed by atoms with van der Waals surface area (Å²) in [5.41, 5.74) is 5.86. The highest BCUT2D eigenvalue weighted by atomic mass is 32.1. The maximum Gasteiger partial charge on any atom is 0.408 e. The number of pyridine rings is 1. The van der Waals surface area contributed by atoms with Crippen LogP contribution < -0.4 is 16.4 Å². The number of benzene rings is 1. The van der Waals surface area contributed by atoms with E-state index >= 15 is 0 Å². The molecule has 4 rings (SSSR count). The summed E-state index contributed by atoms with van der Waals surface area (Å²) in [6.07, 6.45) is 2.22. The van der Waals surface area contributed by atoms with E-state index in [0.717, 1.165) is 15.0 Å². The van der Waals surface area contributed by atoms with E-state index in [2.05, 4.69) is 15.6 Å². The Kier molecular flexibility index (Phi) is 7.44. The Labute approximate surface area is 214 Å². The van der Waals surface area contributed by atoms with Crippen molar-refractivity contribution in [1.82, 2.24) is 20.5 Å². The zero-order valence-electron chi connectivity index (χ0n) is 20.6. The summed E-state index contributed by atoms with van der Waals surface area (Å²) < 4.78 is 6.39. The number of fused-ring (bicyclic) bond motifs is 1. The number of nitrogens with zero attached hydrogens (tertiary/aromatic N) is 2. The third-order valence-corrected chi connectivity index (χ3v) is 6.94. The van der Waals surface area contributed by atoms with Crippen LogP contribution in [-0.2, 0) is 20.9 Å². The lowest BCUT2D eigenvalue weighted by Gasteiger charge is -2.29. The molecule has 4 N–H and O–H groups in total. The molecule has 0 saturated carbocycles. The molecule has 1 aliphatic heterocycles. The molecule has 9 nitrogen and oxygen atoms in total. The van der Waals surface area contributed by atoms with Gasteiger partial charge in [0.25, 0.3) is 5.91 Å². The standard InChI is InChI=1S/C26H31N5O4S/c1-26(2,3)35-25(34)30-21(16-8-5-4-6-9-16)24(33)31-13-7-10-19(31)23(32)29-15-17-14-18-20(36-17)11-12-28-22(18)27/h4-6,8-9,11-12,14,19,21H,7,10,13,15H2,1-3H3,(H2,27,28)(H,29,32)(H,30,34). The van der Waals surface area contributed by atoms with Crippen LogP contribution in [0.25, 0.3) is 10.1 Å². The molecule has 10 heteroatoms. The fourth-order valence-corrected chi connectivity index (χ4v) is 5.25. The van der Waals surface area contributed by atoms with Gasteiger partial charge in [-0.1, -0.05) is 30.3 Å². The number of anilines is 1. The first-order valence-electron chi connectivity index (χ1n) is 11.9. The minimum absolute atomic E-state index is 0.228. The van der Waals surface area contributed by atoms with Gasteiger partial charge in [0, 0.05) is 27.7 Å². The van der Waals surface area contributed by atoms with Crippen molar-refractivity contribution in [3.8, 4) is 0 Å². The minimum atomic E-state index is -0.965. The normalized spacial score (nSPS) is 16.5. The molecule has 0 spiro atoms. The van der Waals surface area contributed by atoms with Crippen molar-refractivity contribution >= 4 is 45.1 Å². The van der Waals surface area contributed by atoms with Gasteiger partial charge in [-0.3, -0.25) is 9.59 Å². The number of carbonyl (C=O) groups is 3. The number of aromatic nitrogens is 1. The molecule has 2 unspecified atom stereocenters. The summed E-state index contributed by atoms with van der Waals surface area (Å²) in [4.78, 5) is 45.9. The number of hydrogen-bond donors (Lipinski definition) is 3. The Morgan fingerprint density at radius 3 is 2.67 bits per heavy atom. The fraction of sp³-hybridized carbons (Fsp3) is 0.385. The molecule has 2 atom stereocenters. The first-order valence-corrected chi connectivity index (χ1v) is 12.7. The third-order valence-electron chi connectivity index (χ3n) is 5.84. The van der Waals surface area contributed by atoms with E-state index in [-0.39, 0.29) is 11.8 Å². The Morgan fingerprint density at radius 1 is 1.22 bits per heavy atom. The molecule has 0 aliphatic carbocycles. The van der Waals surface area contributed by atoms with Crippen LogP contribution in [0.15, 0.2) is 48.7 Å². The maximum absolute atomic E-state index is 13.6. The molecular formula is C26H31N5O4S. The van der Waals surface area contributed by atoms with Gasteiger partial charge in [0.2, 0.25) is 5.91 Å². The van der Waals surface area contributed by atoms with Crippen molar-refractivity contribution in [3.63, 3.8) is 0 Å². The summed E-state index contributed by atoms with van der Waals surface area (Å²) in [5, 5.41) is 6.53. The Balaban J connectivity index is 1.47. The average molecular weight is 510 g/mol. The fourth-order valence-electron chi connectivity index (χ4n) is 4.24. The maximum atomic E-state index is 13.6. The van der Waals surface area contributed by atoms with Crippen molar-refractivity contribution < 1.29 is 19.1 Å². The second-order valence-electron chi connectivity index (χ2n) is 9.72. The Bertz CT molecular complexity index is 1250. The van der Waals surface area contributed by atoms with Gasteiger partial charge in [-0.2, -0.15) is 0 Å². The Morgan fingerprint density at radius 2 is 1.97 bits per heavy atom. The average Bonchev–Trinajstić information content (AvgIpc) is 3.48. The number of rotatable bonds is 6. The largest absolute Gasteiger partial charge is 0.444 e. The number of hydrogen-bond acceptors (Lipinski definition) is 7. The van der Waals surface area contributed by atoms with Crippen LogP contribution in [-0.4, -0.2) is 46.0 Å². The highest BCUT2D eigenvalue weighted by molar-refractivity contribution is 7.19. The molecule has 2 aromatic heterocycles. The lowest BCUT2D eigenvalue weighted by atomic mass is 10.0. The molecule has 36 heavy (non-hydrogen) atoms. The van der Waals surface area contributed by atoms with Crippen molar-refractivity contribution in [2.75, 3.05) is 12.3 Å². The van der Waals surface area contributed by atoms with Crippen molar-refractivity contribution in [1.29, 1.82) is 0 Å². The number of carbonyl (C=O) groups excluding carboxylic acids is 3. The zero-order chi connectivity index (χ0) is 25.9. The van der Waals surface area contributed by atoms with Gasteiger partial charge in [0.15, 0.2) is 0 Å². The number of nitrogen functional groups attached to an aromatic ring is 1. The molecule has 1 aromatic carbocycles. The van der Waals surface area contributed by atoms with E-state index < -0.39 is 23.8 Å². The number of likely N-dealkylation sites (tertiary alicyclic amines) is 1. The summed E-state index contributed by atoms with van der Waals surface area (Å²) >= 11 is 1.54. The molecule has 0 radical (unpaired) electrons. The number of thiophene rings is 1. The minimum Gasteiger partial charge on any atom is -0.444 e.